The van der Waals surface area contributed by atoms with Gasteiger partial charge < -0.3 is 0 Å². The molecule has 3 heteroatoms. The van der Waals surface area contributed by atoms with Crippen LogP contribution in [0.5, 0.6) is 0 Å². The summed E-state index contributed by atoms with van der Waals surface area (Å²) >= 11 is 1.67. The van der Waals surface area contributed by atoms with Crippen molar-refractivity contribution >= 4 is 11.8 Å². The fourth-order valence-corrected chi connectivity index (χ4v) is 2.75. The molecule has 2 nitrogen and oxygen atoms in total. The molecule has 0 N–H and O–H groups in total. The number of aryl methyl sites for hydroxylation is 2. The fourth-order valence-electron chi connectivity index (χ4n) is 1.70. The van der Waals surface area contributed by atoms with E-state index in [0.717, 1.165) is 16.5 Å². The van der Waals surface area contributed by atoms with Crippen LogP contribution in [0.15, 0.2) is 41.4 Å². The topological polar surface area (TPSA) is 36.7 Å². The molecule has 0 atom stereocenters. The van der Waals surface area contributed by atoms with Crippen LogP contribution < -0.4 is 0 Å². The van der Waals surface area contributed by atoms with Crippen LogP contribution in [-0.4, -0.2) is 4.98 Å². The molecule has 0 aliphatic carbocycles. The first-order valence-corrected chi connectivity index (χ1v) is 6.73. The third-order valence-corrected chi connectivity index (χ3v) is 3.66. The molecule has 0 amide bonds. The van der Waals surface area contributed by atoms with Crippen molar-refractivity contribution in [3.8, 4) is 6.07 Å². The van der Waals surface area contributed by atoms with Gasteiger partial charge >= 0.3 is 0 Å². The molecule has 1 aromatic heterocycles. The number of thioether (sulfide) groups is 1. The van der Waals surface area contributed by atoms with E-state index in [1.54, 1.807) is 17.8 Å². The van der Waals surface area contributed by atoms with Crippen molar-refractivity contribution in [1.29, 1.82) is 5.26 Å². The average Bonchev–Trinajstić information content (AvgIpc) is 2.37. The molecular weight excluding hydrogens is 240 g/mol. The largest absolute Gasteiger partial charge is 0.247 e. The maximum absolute atomic E-state index is 8.93. The number of pyridine rings is 1. The quantitative estimate of drug-likeness (QED) is 0.780. The Labute approximate surface area is 112 Å². The summed E-state index contributed by atoms with van der Waals surface area (Å²) in [5.41, 5.74) is 4.17. The minimum atomic E-state index is 0.676. The van der Waals surface area contributed by atoms with Gasteiger partial charge in [0.25, 0.3) is 0 Å². The Morgan fingerprint density at radius 3 is 2.72 bits per heavy atom. The molecule has 18 heavy (non-hydrogen) atoms. The third kappa shape index (κ3) is 3.12. The van der Waals surface area contributed by atoms with Crippen molar-refractivity contribution in [2.45, 2.75) is 24.6 Å². The number of benzene rings is 1. The maximum atomic E-state index is 8.93. The van der Waals surface area contributed by atoms with Crippen LogP contribution in [0.3, 0.4) is 0 Å². The smallest absolute Gasteiger partial charge is 0.0993 e. The van der Waals surface area contributed by atoms with E-state index >= 15 is 0 Å². The van der Waals surface area contributed by atoms with Gasteiger partial charge in [0, 0.05) is 11.4 Å². The molecule has 0 bridgehead atoms. The van der Waals surface area contributed by atoms with Crippen LogP contribution in [0.2, 0.25) is 0 Å². The number of hydrogen-bond donors (Lipinski definition) is 0. The predicted octanol–water partition coefficient (Wildman–Crippen LogP) is 3.86. The molecule has 2 rings (SSSR count). The van der Waals surface area contributed by atoms with Gasteiger partial charge in [-0.05, 0) is 37.1 Å². The van der Waals surface area contributed by atoms with Crippen LogP contribution in [0.4, 0.5) is 0 Å². The normalized spacial score (nSPS) is 10.1. The molecule has 0 saturated carbocycles. The van der Waals surface area contributed by atoms with E-state index in [2.05, 4.69) is 30.1 Å². The summed E-state index contributed by atoms with van der Waals surface area (Å²) in [7, 11) is 0. The summed E-state index contributed by atoms with van der Waals surface area (Å²) in [6.07, 6.45) is 0. The Morgan fingerprint density at radius 2 is 2.00 bits per heavy atom. The molecule has 0 radical (unpaired) electrons. The molecule has 2 aromatic rings. The van der Waals surface area contributed by atoms with E-state index in [-0.39, 0.29) is 0 Å². The van der Waals surface area contributed by atoms with Gasteiger partial charge in [0.2, 0.25) is 0 Å². The summed E-state index contributed by atoms with van der Waals surface area (Å²) in [5.74, 6) is 0.883. The van der Waals surface area contributed by atoms with E-state index in [4.69, 9.17) is 5.26 Å². The lowest BCUT2D eigenvalue weighted by Gasteiger charge is -2.05. The first-order chi connectivity index (χ1) is 8.69. The molecule has 0 spiro atoms. The summed E-state index contributed by atoms with van der Waals surface area (Å²) in [5, 5.41) is 9.84. The maximum Gasteiger partial charge on any atom is 0.0993 e. The lowest BCUT2D eigenvalue weighted by atomic mass is 10.1. The van der Waals surface area contributed by atoms with Gasteiger partial charge in [-0.3, -0.25) is 0 Å². The van der Waals surface area contributed by atoms with Crippen molar-refractivity contribution in [1.82, 2.24) is 4.98 Å². The van der Waals surface area contributed by atoms with E-state index in [1.165, 1.54) is 11.1 Å². The molecule has 1 aromatic carbocycles. The fraction of sp³-hybridized carbons (Fsp3) is 0.200. The summed E-state index contributed by atoms with van der Waals surface area (Å²) in [6, 6.07) is 14.1. The van der Waals surface area contributed by atoms with E-state index < -0.39 is 0 Å². The van der Waals surface area contributed by atoms with Crippen molar-refractivity contribution in [3.05, 3.63) is 58.8 Å². The van der Waals surface area contributed by atoms with Gasteiger partial charge in [0.05, 0.1) is 16.7 Å². The molecule has 0 aliphatic rings. The zero-order valence-corrected chi connectivity index (χ0v) is 11.3. The SMILES string of the molecule is Cc1cc(C#N)cc(SCc2ccccc2C)n1. The van der Waals surface area contributed by atoms with Gasteiger partial charge in [-0.15, -0.1) is 11.8 Å². The Bertz CT molecular complexity index is 600. The Balaban J connectivity index is 2.14. The average molecular weight is 254 g/mol. The Morgan fingerprint density at radius 1 is 1.22 bits per heavy atom. The molecule has 0 saturated heterocycles. The van der Waals surface area contributed by atoms with Crippen molar-refractivity contribution < 1.29 is 0 Å². The second kappa shape index (κ2) is 5.70. The van der Waals surface area contributed by atoms with E-state index in [9.17, 15) is 0 Å². The van der Waals surface area contributed by atoms with Crippen molar-refractivity contribution in [2.75, 3.05) is 0 Å². The van der Waals surface area contributed by atoms with Crippen LogP contribution in [0.1, 0.15) is 22.4 Å². The summed E-state index contributed by atoms with van der Waals surface area (Å²) in [4.78, 5) is 4.44. The van der Waals surface area contributed by atoms with Gasteiger partial charge in [0.15, 0.2) is 0 Å². The van der Waals surface area contributed by atoms with Gasteiger partial charge in [-0.25, -0.2) is 4.98 Å². The minimum Gasteiger partial charge on any atom is -0.247 e. The summed E-state index contributed by atoms with van der Waals surface area (Å²) in [6.45, 7) is 4.03. The number of hydrogen-bond acceptors (Lipinski definition) is 3. The lowest BCUT2D eigenvalue weighted by Crippen LogP contribution is -1.90. The molecule has 0 unspecified atom stereocenters. The van der Waals surface area contributed by atoms with Crippen LogP contribution in [0.25, 0.3) is 0 Å². The monoisotopic (exact) mass is 254 g/mol. The second-order valence-electron chi connectivity index (χ2n) is 4.16. The first kappa shape index (κ1) is 12.7. The lowest BCUT2D eigenvalue weighted by molar-refractivity contribution is 1.06. The zero-order chi connectivity index (χ0) is 13.0. The Hall–Kier alpha value is -1.79. The van der Waals surface area contributed by atoms with Gasteiger partial charge in [-0.2, -0.15) is 5.26 Å². The number of nitriles is 1. The highest BCUT2D eigenvalue weighted by Crippen LogP contribution is 2.23. The standard InChI is InChI=1S/C15H14N2S/c1-11-5-3-4-6-14(11)10-18-15-8-13(9-16)7-12(2)17-15/h3-8H,10H2,1-2H3. The second-order valence-corrected chi connectivity index (χ2v) is 5.16. The summed E-state index contributed by atoms with van der Waals surface area (Å²) < 4.78 is 0. The van der Waals surface area contributed by atoms with Crippen LogP contribution in [0, 0.1) is 25.2 Å². The highest BCUT2D eigenvalue weighted by molar-refractivity contribution is 7.98. The predicted molar refractivity (Wildman–Crippen MR) is 74.4 cm³/mol. The number of aromatic nitrogens is 1. The van der Waals surface area contributed by atoms with Crippen LogP contribution in [-0.2, 0) is 5.75 Å². The zero-order valence-electron chi connectivity index (χ0n) is 10.5. The molecule has 90 valence electrons. The molecule has 0 fully saturated rings. The van der Waals surface area contributed by atoms with Crippen molar-refractivity contribution in [2.24, 2.45) is 0 Å². The Kier molecular flexibility index (Phi) is 4.01. The number of nitrogens with zero attached hydrogens (tertiary/aromatic N) is 2. The van der Waals surface area contributed by atoms with Gasteiger partial charge in [0.1, 0.15) is 0 Å². The highest BCUT2D eigenvalue weighted by atomic mass is 32.2. The van der Waals surface area contributed by atoms with Crippen LogP contribution >= 0.6 is 11.8 Å². The van der Waals surface area contributed by atoms with E-state index in [1.807, 2.05) is 25.1 Å². The van der Waals surface area contributed by atoms with E-state index in [0.29, 0.717) is 5.56 Å². The van der Waals surface area contributed by atoms with Crippen molar-refractivity contribution in [3.63, 3.8) is 0 Å². The molecule has 0 aliphatic heterocycles. The first-order valence-electron chi connectivity index (χ1n) is 5.75. The third-order valence-electron chi connectivity index (χ3n) is 2.70. The number of rotatable bonds is 3. The molecule has 1 heterocycles. The minimum absolute atomic E-state index is 0.676. The highest BCUT2D eigenvalue weighted by Gasteiger charge is 2.03. The van der Waals surface area contributed by atoms with Gasteiger partial charge in [-0.1, -0.05) is 24.3 Å². The molecular formula is C15H14N2S.